The molecule has 3 rings (SSSR count). The lowest BCUT2D eigenvalue weighted by atomic mass is 9.86. The van der Waals surface area contributed by atoms with Gasteiger partial charge in [-0.1, -0.05) is 37.5 Å². The van der Waals surface area contributed by atoms with Crippen molar-refractivity contribution < 1.29 is 18.4 Å². The van der Waals surface area contributed by atoms with Gasteiger partial charge in [0.05, 0.1) is 11.8 Å². The highest BCUT2D eigenvalue weighted by Gasteiger charge is 2.36. The van der Waals surface area contributed by atoms with E-state index in [9.17, 15) is 18.4 Å². The molecule has 0 amide bonds. The van der Waals surface area contributed by atoms with Gasteiger partial charge in [0.2, 0.25) is 0 Å². The fourth-order valence-corrected chi connectivity index (χ4v) is 3.33. The van der Waals surface area contributed by atoms with Crippen LogP contribution in [0.25, 0.3) is 0 Å². The lowest BCUT2D eigenvalue weighted by Gasteiger charge is -2.36. The zero-order chi connectivity index (χ0) is 16.4. The van der Waals surface area contributed by atoms with E-state index < -0.39 is 17.9 Å². The summed E-state index contributed by atoms with van der Waals surface area (Å²) in [4.78, 5) is 0. The molecular formula is C16H20F3N3O. The average molecular weight is 327 g/mol. The van der Waals surface area contributed by atoms with Crippen molar-refractivity contribution in [2.24, 2.45) is 5.92 Å². The molecule has 3 N–H and O–H groups in total. The van der Waals surface area contributed by atoms with Crippen molar-refractivity contribution in [1.82, 2.24) is 15.9 Å². The summed E-state index contributed by atoms with van der Waals surface area (Å²) in [5.74, 6) is 0.251. The van der Waals surface area contributed by atoms with Crippen LogP contribution in [-0.2, 0) is 6.18 Å². The first-order valence-corrected chi connectivity index (χ1v) is 7.84. The number of hydrazine groups is 1. The number of nitrogens with one attached hydrogen (secondary N) is 2. The summed E-state index contributed by atoms with van der Waals surface area (Å²) in [5, 5.41) is 13.8. The van der Waals surface area contributed by atoms with Gasteiger partial charge in [-0.2, -0.15) is 23.8 Å². The molecule has 0 radical (unpaired) electrons. The molecule has 1 aliphatic carbocycles. The molecule has 1 aliphatic heterocycles. The number of hydroxylamine groups is 1. The number of halogens is 3. The molecule has 7 heteroatoms. The smallest absolute Gasteiger partial charge is 0.366 e. The zero-order valence-electron chi connectivity index (χ0n) is 12.6. The van der Waals surface area contributed by atoms with Crippen molar-refractivity contribution >= 4 is 0 Å². The van der Waals surface area contributed by atoms with Crippen LogP contribution in [0.3, 0.4) is 0 Å². The Balaban J connectivity index is 1.86. The molecular weight excluding hydrogens is 307 g/mol. The van der Waals surface area contributed by atoms with Crippen LogP contribution in [0, 0.1) is 5.92 Å². The lowest BCUT2D eigenvalue weighted by molar-refractivity contribution is -0.141. The molecule has 0 aromatic heterocycles. The number of nitrogens with zero attached hydrogens (tertiary/aromatic N) is 1. The third kappa shape index (κ3) is 3.61. The van der Waals surface area contributed by atoms with Crippen LogP contribution in [0.2, 0.25) is 0 Å². The van der Waals surface area contributed by atoms with Crippen LogP contribution in [0.15, 0.2) is 36.2 Å². The van der Waals surface area contributed by atoms with Crippen molar-refractivity contribution in [2.75, 3.05) is 0 Å². The normalized spacial score (nSPS) is 23.4. The number of hydrogen-bond donors (Lipinski definition) is 3. The lowest BCUT2D eigenvalue weighted by Crippen LogP contribution is -2.48. The van der Waals surface area contributed by atoms with E-state index in [2.05, 4.69) is 10.7 Å². The second-order valence-corrected chi connectivity index (χ2v) is 6.06. The molecule has 1 unspecified atom stereocenters. The van der Waals surface area contributed by atoms with Crippen LogP contribution in [-0.4, -0.2) is 10.4 Å². The minimum Gasteiger partial charge on any atom is -0.366 e. The van der Waals surface area contributed by atoms with E-state index in [4.69, 9.17) is 0 Å². The summed E-state index contributed by atoms with van der Waals surface area (Å²) in [6.45, 7) is 0. The quantitative estimate of drug-likeness (QED) is 0.770. The summed E-state index contributed by atoms with van der Waals surface area (Å²) in [6, 6.07) is 5.40. The molecule has 4 nitrogen and oxygen atoms in total. The highest BCUT2D eigenvalue weighted by atomic mass is 19.4. The van der Waals surface area contributed by atoms with E-state index in [0.29, 0.717) is 0 Å². The Morgan fingerprint density at radius 1 is 1.09 bits per heavy atom. The molecule has 1 saturated carbocycles. The van der Waals surface area contributed by atoms with Gasteiger partial charge >= 0.3 is 6.18 Å². The van der Waals surface area contributed by atoms with Gasteiger partial charge in [0, 0.05) is 17.2 Å². The summed E-state index contributed by atoms with van der Waals surface area (Å²) in [6.07, 6.45) is 1.62. The molecule has 126 valence electrons. The molecule has 0 saturated heterocycles. The second-order valence-electron chi connectivity index (χ2n) is 6.06. The topological polar surface area (TPSA) is 47.5 Å². The molecule has 1 fully saturated rings. The second kappa shape index (κ2) is 6.41. The van der Waals surface area contributed by atoms with Crippen molar-refractivity contribution in [3.05, 3.63) is 47.3 Å². The van der Waals surface area contributed by atoms with Crippen molar-refractivity contribution in [1.29, 1.82) is 0 Å². The van der Waals surface area contributed by atoms with Crippen molar-refractivity contribution in [2.45, 2.75) is 44.4 Å². The van der Waals surface area contributed by atoms with E-state index in [1.165, 1.54) is 24.8 Å². The Kier molecular flexibility index (Phi) is 4.50. The van der Waals surface area contributed by atoms with E-state index in [0.717, 1.165) is 42.6 Å². The fourth-order valence-electron chi connectivity index (χ4n) is 3.33. The van der Waals surface area contributed by atoms with E-state index in [1.807, 2.05) is 0 Å². The molecule has 1 aromatic carbocycles. The first-order valence-electron chi connectivity index (χ1n) is 7.84. The summed E-state index contributed by atoms with van der Waals surface area (Å²) in [5.41, 5.74) is 2.77. The first-order chi connectivity index (χ1) is 10.9. The van der Waals surface area contributed by atoms with E-state index in [-0.39, 0.29) is 11.5 Å². The fraction of sp³-hybridized carbons (Fsp3) is 0.500. The molecule has 2 aliphatic rings. The third-order valence-electron chi connectivity index (χ3n) is 4.46. The standard InChI is InChI=1S/C16H20F3N3O/c17-16(18,19)13-9-5-4-8-12(13)15-20-14(10-22(23)21-15)11-6-2-1-3-7-11/h4-5,8-11,15,20-21,23H,1-3,6-7H2. The van der Waals surface area contributed by atoms with Gasteiger partial charge < -0.3 is 5.32 Å². The van der Waals surface area contributed by atoms with Crippen LogP contribution in [0.4, 0.5) is 13.2 Å². The molecule has 1 heterocycles. The largest absolute Gasteiger partial charge is 0.416 e. The van der Waals surface area contributed by atoms with Crippen LogP contribution >= 0.6 is 0 Å². The molecule has 1 atom stereocenters. The van der Waals surface area contributed by atoms with Crippen LogP contribution in [0.1, 0.15) is 49.4 Å². The minimum atomic E-state index is -4.44. The van der Waals surface area contributed by atoms with Gasteiger partial charge in [0.1, 0.15) is 6.17 Å². The number of rotatable bonds is 2. The van der Waals surface area contributed by atoms with Crippen LogP contribution in [0.5, 0.6) is 0 Å². The monoisotopic (exact) mass is 327 g/mol. The number of benzene rings is 1. The van der Waals surface area contributed by atoms with Gasteiger partial charge in [0.15, 0.2) is 0 Å². The van der Waals surface area contributed by atoms with Gasteiger partial charge in [-0.05, 0) is 18.9 Å². The number of alkyl halides is 3. The predicted molar refractivity (Wildman–Crippen MR) is 78.7 cm³/mol. The maximum absolute atomic E-state index is 13.2. The summed E-state index contributed by atoms with van der Waals surface area (Å²) in [7, 11) is 0. The van der Waals surface area contributed by atoms with E-state index >= 15 is 0 Å². The van der Waals surface area contributed by atoms with E-state index in [1.54, 1.807) is 6.07 Å². The van der Waals surface area contributed by atoms with Gasteiger partial charge in [-0.3, -0.25) is 5.21 Å². The molecule has 0 bridgehead atoms. The molecule has 0 spiro atoms. The minimum absolute atomic E-state index is 0.0699. The SMILES string of the molecule is ON1C=C(C2CCCCC2)NC(c2ccccc2C(F)(F)F)N1. The maximum Gasteiger partial charge on any atom is 0.416 e. The number of allylic oxidation sites excluding steroid dienone is 1. The first kappa shape index (κ1) is 16.1. The van der Waals surface area contributed by atoms with Crippen molar-refractivity contribution in [3.8, 4) is 0 Å². The Labute approximate surface area is 132 Å². The van der Waals surface area contributed by atoms with Crippen LogP contribution < -0.4 is 10.7 Å². The van der Waals surface area contributed by atoms with Gasteiger partial charge in [-0.15, -0.1) is 0 Å². The predicted octanol–water partition coefficient (Wildman–Crippen LogP) is 3.92. The zero-order valence-corrected chi connectivity index (χ0v) is 12.6. The Bertz CT molecular complexity index is 582. The third-order valence-corrected chi connectivity index (χ3v) is 4.46. The molecule has 23 heavy (non-hydrogen) atoms. The Morgan fingerprint density at radius 3 is 2.48 bits per heavy atom. The maximum atomic E-state index is 13.2. The Hall–Kier alpha value is -1.73. The summed E-state index contributed by atoms with van der Waals surface area (Å²) >= 11 is 0. The van der Waals surface area contributed by atoms with Gasteiger partial charge in [0.25, 0.3) is 0 Å². The summed E-state index contributed by atoms with van der Waals surface area (Å²) < 4.78 is 39.6. The van der Waals surface area contributed by atoms with Crippen molar-refractivity contribution in [3.63, 3.8) is 0 Å². The molecule has 1 aromatic rings. The Morgan fingerprint density at radius 2 is 1.78 bits per heavy atom. The highest BCUT2D eigenvalue weighted by Crippen LogP contribution is 2.36. The average Bonchev–Trinajstić information content (AvgIpc) is 2.54. The van der Waals surface area contributed by atoms with Gasteiger partial charge in [-0.25, -0.2) is 0 Å². The number of hydrogen-bond acceptors (Lipinski definition) is 4. The highest BCUT2D eigenvalue weighted by molar-refractivity contribution is 5.33.